The van der Waals surface area contributed by atoms with Crippen molar-refractivity contribution < 1.29 is 14.2 Å². The zero-order chi connectivity index (χ0) is 80.3. The highest BCUT2D eigenvalue weighted by Gasteiger charge is 2.30. The molecule has 11 heteroatoms. The number of ether oxygens (including phenoxy) is 3. The first-order valence-electron chi connectivity index (χ1n) is 41.6. The van der Waals surface area contributed by atoms with Crippen LogP contribution in [0.4, 0.5) is 0 Å². The molecule has 574 valence electrons. The summed E-state index contributed by atoms with van der Waals surface area (Å²) in [5.74, 6) is 9.16. The lowest BCUT2D eigenvalue weighted by Gasteiger charge is -2.21. The maximum absolute atomic E-state index is 6.41. The van der Waals surface area contributed by atoms with Gasteiger partial charge in [0.15, 0.2) is 34.5 Å². The van der Waals surface area contributed by atoms with Gasteiger partial charge in [-0.05, 0) is 239 Å². The highest BCUT2D eigenvalue weighted by Crippen LogP contribution is 2.50. The second kappa shape index (κ2) is 28.9. The molecule has 0 aliphatic carbocycles. The van der Waals surface area contributed by atoms with Gasteiger partial charge in [0.2, 0.25) is 0 Å². The lowest BCUT2D eigenvalue weighted by molar-refractivity contribution is 0.474. The van der Waals surface area contributed by atoms with E-state index in [0.29, 0.717) is 0 Å². The second-order valence-corrected chi connectivity index (χ2v) is 31.2. The Labute approximate surface area is 698 Å². The summed E-state index contributed by atoms with van der Waals surface area (Å²) in [5.41, 5.74) is 27.3. The fraction of sp³-hybridized carbons (Fsp3) is 0.0545. The molecule has 4 aromatic heterocycles. The van der Waals surface area contributed by atoms with E-state index in [1.165, 1.54) is 76.5 Å². The largest absolute Gasteiger partial charge is 0.453 e. The predicted molar refractivity (Wildman–Crippen MR) is 494 cm³/mol. The predicted octanol–water partition coefficient (Wildman–Crippen LogP) is 28.7. The molecular weight excluding hydrogens is 1480 g/mol. The van der Waals surface area contributed by atoms with Crippen LogP contribution < -0.4 is 14.2 Å². The maximum Gasteiger partial charge on any atom is 0.153 e. The Morgan fingerprint density at radius 1 is 0.223 bits per heavy atom. The average molecular weight is 1560 g/mol. The third kappa shape index (κ3) is 12.0. The fourth-order valence-corrected chi connectivity index (χ4v) is 18.2. The van der Waals surface area contributed by atoms with Crippen molar-refractivity contribution in [2.45, 2.75) is 40.0 Å². The minimum atomic E-state index is 0.821. The molecule has 0 radical (unpaired) electrons. The molecule has 11 nitrogen and oxygen atoms in total. The van der Waals surface area contributed by atoms with E-state index in [1.807, 2.05) is 54.6 Å². The number of nitrogens with zero attached hydrogens (tertiary/aromatic N) is 8. The van der Waals surface area contributed by atoms with Crippen LogP contribution in [0.3, 0.4) is 0 Å². The number of fused-ring (bicyclic) bond motifs is 11. The third-order valence-electron chi connectivity index (χ3n) is 24.1. The molecule has 0 saturated heterocycles. The molecular formula is C110H76N8O3. The molecule has 0 unspecified atom stereocenters. The van der Waals surface area contributed by atoms with Gasteiger partial charge in [-0.2, -0.15) is 0 Å². The standard InChI is InChI=1S/C41H28N2O.C35H24N2O.C34H24N4O/c1-2-39-42-40-35(19-20-38-41(40)43(39)36-13-7-8-14-37(36)44-38)34-24-32(30-17-15-26-9-3-5-11-28(26)21-30)23-33(25-34)31-18-16-27-10-4-6-12-29(27)22-31;1-2-33-36-34-29(17-18-32-35(34)37(33)30-9-5-6-10-31(30)38-32)28-16-15-26-20-25(13-14-27(26)21-28)24-12-11-22-7-3-4-8-23(22)19-24;1-2-31-36-32-25(20-21-30-33(32)38(31)28-14-8-9-15-29(28)39-30)22-16-18-23(19-17-22)34-35-26-12-6-7-13-27(26)37(34)24-10-4-3-5-11-24/h3-25H,2H2,1H3;3-21H,2H2,1H3;3-21H,2H2,1H3. The van der Waals surface area contributed by atoms with Gasteiger partial charge < -0.3 is 14.2 Å². The molecule has 18 aromatic carbocycles. The molecule has 3 aliphatic rings. The Balaban J connectivity index is 0.000000106. The van der Waals surface area contributed by atoms with Crippen LogP contribution in [-0.2, 0) is 19.3 Å². The molecule has 0 fully saturated rings. The lowest BCUT2D eigenvalue weighted by atomic mass is 9.91. The van der Waals surface area contributed by atoms with Gasteiger partial charge in [0.1, 0.15) is 56.4 Å². The van der Waals surface area contributed by atoms with Crippen LogP contribution in [0.25, 0.3) is 188 Å². The van der Waals surface area contributed by atoms with Gasteiger partial charge in [-0.15, -0.1) is 0 Å². The van der Waals surface area contributed by atoms with Crippen molar-refractivity contribution >= 4 is 87.2 Å². The summed E-state index contributed by atoms with van der Waals surface area (Å²) in [7, 11) is 0. The maximum atomic E-state index is 6.41. The average Bonchev–Trinajstić information content (AvgIpc) is 1.60. The van der Waals surface area contributed by atoms with E-state index >= 15 is 0 Å². The zero-order valence-corrected chi connectivity index (χ0v) is 66.6. The first kappa shape index (κ1) is 70.7. The Bertz CT molecular complexity index is 7870. The first-order chi connectivity index (χ1) is 59.8. The number of hydrogen-bond acceptors (Lipinski definition) is 7. The van der Waals surface area contributed by atoms with Crippen molar-refractivity contribution in [3.8, 4) is 135 Å². The van der Waals surface area contributed by atoms with Gasteiger partial charge >= 0.3 is 0 Å². The van der Waals surface area contributed by atoms with Crippen molar-refractivity contribution in [1.82, 2.24) is 38.2 Å². The molecule has 7 heterocycles. The van der Waals surface area contributed by atoms with E-state index in [0.717, 1.165) is 183 Å². The number of hydrogen-bond donors (Lipinski definition) is 0. The van der Waals surface area contributed by atoms with Gasteiger partial charge in [0.25, 0.3) is 0 Å². The van der Waals surface area contributed by atoms with Crippen LogP contribution >= 0.6 is 0 Å². The van der Waals surface area contributed by atoms with Crippen LogP contribution in [0.5, 0.6) is 34.5 Å². The van der Waals surface area contributed by atoms with Gasteiger partial charge in [-0.1, -0.05) is 245 Å². The van der Waals surface area contributed by atoms with Gasteiger partial charge in [-0.25, -0.2) is 19.9 Å². The van der Waals surface area contributed by atoms with E-state index in [9.17, 15) is 0 Å². The second-order valence-electron chi connectivity index (χ2n) is 31.2. The summed E-state index contributed by atoms with van der Waals surface area (Å²) in [6, 6.07) is 131. The number of para-hydroxylation sites is 9. The fourth-order valence-electron chi connectivity index (χ4n) is 18.2. The minimum Gasteiger partial charge on any atom is -0.453 e. The van der Waals surface area contributed by atoms with Crippen molar-refractivity contribution in [2.24, 2.45) is 0 Å². The van der Waals surface area contributed by atoms with Crippen LogP contribution in [0.15, 0.2) is 370 Å². The molecule has 0 spiro atoms. The highest BCUT2D eigenvalue weighted by atomic mass is 16.5. The molecule has 22 aromatic rings. The smallest absolute Gasteiger partial charge is 0.153 e. The highest BCUT2D eigenvalue weighted by molar-refractivity contribution is 6.04. The Morgan fingerprint density at radius 3 is 0.992 bits per heavy atom. The van der Waals surface area contributed by atoms with Crippen molar-refractivity contribution in [1.29, 1.82) is 0 Å². The van der Waals surface area contributed by atoms with Crippen molar-refractivity contribution in [3.05, 3.63) is 388 Å². The molecule has 0 N–H and O–H groups in total. The number of rotatable bonds is 11. The van der Waals surface area contributed by atoms with Gasteiger partial charge in [0.05, 0.1) is 28.1 Å². The van der Waals surface area contributed by atoms with Crippen LogP contribution in [0.2, 0.25) is 0 Å². The van der Waals surface area contributed by atoms with Crippen molar-refractivity contribution in [2.75, 3.05) is 0 Å². The summed E-state index contributed by atoms with van der Waals surface area (Å²) < 4.78 is 28.0. The first-order valence-corrected chi connectivity index (χ1v) is 41.6. The van der Waals surface area contributed by atoms with E-state index in [-0.39, 0.29) is 0 Å². The number of imidazole rings is 4. The summed E-state index contributed by atoms with van der Waals surface area (Å²) >= 11 is 0. The normalized spacial score (nSPS) is 12.1. The SMILES string of the molecule is CCc1nc2c(-c3cc(-c4ccc5ccccc5c4)cc(-c4ccc5ccccc5c4)c3)ccc3c2n1-c1ccccc1O3.CCc1nc2c(-c3ccc(-c4nc5ccccc5n4-c4ccccc4)cc3)ccc3c2n1-c1ccccc1O3.CCc1nc2c(-c3ccc4cc(-c5ccc6ccccc6c5)ccc4c3)ccc3c2n1-c1ccccc1O3. The van der Waals surface area contributed by atoms with E-state index < -0.39 is 0 Å². The molecule has 3 aliphatic heterocycles. The topological polar surface area (TPSA) is 99.0 Å². The minimum absolute atomic E-state index is 0.821. The Morgan fingerprint density at radius 2 is 0.545 bits per heavy atom. The summed E-state index contributed by atoms with van der Waals surface area (Å²) in [4.78, 5) is 20.5. The number of benzene rings is 18. The summed E-state index contributed by atoms with van der Waals surface area (Å²) in [6.45, 7) is 6.47. The lowest BCUT2D eigenvalue weighted by Crippen LogP contribution is -2.06. The van der Waals surface area contributed by atoms with Gasteiger partial charge in [0, 0.05) is 47.2 Å². The monoisotopic (exact) mass is 1560 g/mol. The van der Waals surface area contributed by atoms with E-state index in [2.05, 4.69) is 354 Å². The Kier molecular flexibility index (Phi) is 16.9. The van der Waals surface area contributed by atoms with Crippen LogP contribution in [0.1, 0.15) is 38.2 Å². The molecule has 121 heavy (non-hydrogen) atoms. The molecule has 25 rings (SSSR count). The zero-order valence-electron chi connectivity index (χ0n) is 66.6. The van der Waals surface area contributed by atoms with Gasteiger partial charge in [-0.3, -0.25) is 18.3 Å². The van der Waals surface area contributed by atoms with E-state index in [4.69, 9.17) is 34.1 Å². The van der Waals surface area contributed by atoms with Crippen LogP contribution in [-0.4, -0.2) is 38.2 Å². The van der Waals surface area contributed by atoms with Crippen molar-refractivity contribution in [3.63, 3.8) is 0 Å². The molecule has 0 atom stereocenters. The number of aromatic nitrogens is 8. The van der Waals surface area contributed by atoms with Crippen LogP contribution in [0, 0.1) is 0 Å². The quantitative estimate of drug-likeness (QED) is 0.127. The molecule has 0 bridgehead atoms. The summed E-state index contributed by atoms with van der Waals surface area (Å²) in [5, 5.41) is 9.93. The molecule has 0 saturated carbocycles. The van der Waals surface area contributed by atoms with E-state index in [1.54, 1.807) is 0 Å². The Hall–Kier alpha value is -15.7. The summed E-state index contributed by atoms with van der Waals surface area (Å²) in [6.07, 6.45) is 2.50. The number of aryl methyl sites for hydroxylation is 3. The molecule has 0 amide bonds. The third-order valence-corrected chi connectivity index (χ3v) is 24.1.